The van der Waals surface area contributed by atoms with E-state index in [1.807, 2.05) is 4.90 Å². The number of benzene rings is 2. The SMILES string of the molecule is O=C(Cn1nnc(-c2cccc(C(F)(F)F)c2)n1)N1CCN(c2ccc([N+](=O)[O-])cc2)CC1. The Kier molecular flexibility index (Phi) is 5.94. The number of hydrogen-bond donors (Lipinski definition) is 0. The number of hydrogen-bond acceptors (Lipinski definition) is 7. The Bertz CT molecular complexity index is 1160. The largest absolute Gasteiger partial charge is 0.416 e. The van der Waals surface area contributed by atoms with Gasteiger partial charge in [0.1, 0.15) is 6.54 Å². The van der Waals surface area contributed by atoms with Gasteiger partial charge < -0.3 is 9.80 Å². The molecule has 0 bridgehead atoms. The van der Waals surface area contributed by atoms with Crippen molar-refractivity contribution >= 4 is 17.3 Å². The van der Waals surface area contributed by atoms with Crippen molar-refractivity contribution in [3.8, 4) is 11.4 Å². The first kappa shape index (κ1) is 22.2. The predicted molar refractivity (Wildman–Crippen MR) is 110 cm³/mol. The van der Waals surface area contributed by atoms with Crippen LogP contribution in [0.25, 0.3) is 11.4 Å². The molecule has 172 valence electrons. The number of nitro groups is 1. The Morgan fingerprint density at radius 3 is 2.39 bits per heavy atom. The van der Waals surface area contributed by atoms with Gasteiger partial charge in [-0.25, -0.2) is 0 Å². The Balaban J connectivity index is 1.34. The number of halogens is 3. The summed E-state index contributed by atoms with van der Waals surface area (Å²) in [4.78, 5) is 27.6. The maximum absolute atomic E-state index is 12.9. The molecule has 1 fully saturated rings. The van der Waals surface area contributed by atoms with Crippen molar-refractivity contribution in [3.05, 3.63) is 64.2 Å². The van der Waals surface area contributed by atoms with Crippen LogP contribution in [0.15, 0.2) is 48.5 Å². The van der Waals surface area contributed by atoms with Gasteiger partial charge in [-0.1, -0.05) is 12.1 Å². The second-order valence-electron chi connectivity index (χ2n) is 7.36. The Morgan fingerprint density at radius 2 is 1.76 bits per heavy atom. The number of piperazine rings is 1. The molecule has 1 aliphatic rings. The fourth-order valence-electron chi connectivity index (χ4n) is 3.48. The summed E-state index contributed by atoms with van der Waals surface area (Å²) in [5.41, 5.74) is 0.173. The number of aromatic nitrogens is 4. The summed E-state index contributed by atoms with van der Waals surface area (Å²) in [5.74, 6) is -0.247. The molecule has 0 N–H and O–H groups in total. The molecular weight excluding hydrogens is 443 g/mol. The second-order valence-corrected chi connectivity index (χ2v) is 7.36. The zero-order chi connectivity index (χ0) is 23.6. The molecule has 1 aromatic heterocycles. The smallest absolute Gasteiger partial charge is 0.368 e. The number of rotatable bonds is 5. The summed E-state index contributed by atoms with van der Waals surface area (Å²) in [6, 6.07) is 10.8. The van der Waals surface area contributed by atoms with E-state index in [2.05, 4.69) is 15.4 Å². The molecule has 33 heavy (non-hydrogen) atoms. The molecule has 1 amide bonds. The lowest BCUT2D eigenvalue weighted by atomic mass is 10.1. The zero-order valence-corrected chi connectivity index (χ0v) is 17.1. The molecule has 0 saturated carbocycles. The van der Waals surface area contributed by atoms with Gasteiger partial charge >= 0.3 is 6.18 Å². The molecule has 0 aliphatic carbocycles. The predicted octanol–water partition coefficient (Wildman–Crippen LogP) is 2.62. The van der Waals surface area contributed by atoms with Gasteiger partial charge in [0.25, 0.3) is 5.69 Å². The monoisotopic (exact) mass is 461 g/mol. The number of alkyl halides is 3. The summed E-state index contributed by atoms with van der Waals surface area (Å²) in [6.07, 6.45) is -4.49. The van der Waals surface area contributed by atoms with Crippen LogP contribution in [0.5, 0.6) is 0 Å². The summed E-state index contributed by atoms with van der Waals surface area (Å²) in [6.45, 7) is 1.77. The molecule has 1 aliphatic heterocycles. The number of carbonyl (C=O) groups excluding carboxylic acids is 1. The van der Waals surface area contributed by atoms with E-state index in [4.69, 9.17) is 0 Å². The molecule has 13 heteroatoms. The Labute approximate surface area is 185 Å². The molecule has 0 atom stereocenters. The lowest BCUT2D eigenvalue weighted by molar-refractivity contribution is -0.384. The lowest BCUT2D eigenvalue weighted by Gasteiger charge is -2.36. The number of nitrogens with zero attached hydrogens (tertiary/aromatic N) is 7. The number of non-ortho nitro benzene ring substituents is 1. The quantitative estimate of drug-likeness (QED) is 0.424. The van der Waals surface area contributed by atoms with Gasteiger partial charge in [0.15, 0.2) is 0 Å². The highest BCUT2D eigenvalue weighted by Gasteiger charge is 2.31. The molecule has 2 heterocycles. The molecular formula is C20H18F3N7O3. The third kappa shape index (κ3) is 5.07. The molecule has 1 saturated heterocycles. The van der Waals surface area contributed by atoms with Gasteiger partial charge in [-0.2, -0.15) is 18.0 Å². The fourth-order valence-corrected chi connectivity index (χ4v) is 3.48. The zero-order valence-electron chi connectivity index (χ0n) is 17.1. The summed E-state index contributed by atoms with van der Waals surface area (Å²) < 4.78 is 38.7. The van der Waals surface area contributed by atoms with Gasteiger partial charge in [0.2, 0.25) is 11.7 Å². The van der Waals surface area contributed by atoms with Gasteiger partial charge in [-0.15, -0.1) is 10.2 Å². The average molecular weight is 461 g/mol. The highest BCUT2D eigenvalue weighted by Crippen LogP contribution is 2.31. The minimum atomic E-state index is -4.49. The molecule has 0 unspecified atom stereocenters. The number of carbonyl (C=O) groups is 1. The maximum atomic E-state index is 12.9. The number of nitro benzene ring substituents is 1. The molecule has 4 rings (SSSR count). The number of amides is 1. The first-order valence-corrected chi connectivity index (χ1v) is 9.93. The van der Waals surface area contributed by atoms with Crippen molar-refractivity contribution in [3.63, 3.8) is 0 Å². The summed E-state index contributed by atoms with van der Waals surface area (Å²) in [5, 5.41) is 22.4. The van der Waals surface area contributed by atoms with E-state index in [-0.39, 0.29) is 29.5 Å². The van der Waals surface area contributed by atoms with Crippen molar-refractivity contribution in [2.45, 2.75) is 12.7 Å². The van der Waals surface area contributed by atoms with Crippen molar-refractivity contribution < 1.29 is 22.9 Å². The standard InChI is InChI=1S/C20H18F3N7O3/c21-20(22,23)15-3-1-2-14(12-15)19-24-26-29(25-19)13-18(31)28-10-8-27(9-11-28)16-4-6-17(7-5-16)30(32)33/h1-7,12H,8-11,13H2. The Morgan fingerprint density at radius 1 is 1.06 bits per heavy atom. The maximum Gasteiger partial charge on any atom is 0.416 e. The molecule has 2 aromatic carbocycles. The molecule has 0 radical (unpaired) electrons. The summed E-state index contributed by atoms with van der Waals surface area (Å²) in [7, 11) is 0. The van der Waals surface area contributed by atoms with E-state index in [0.29, 0.717) is 26.2 Å². The van der Waals surface area contributed by atoms with Crippen LogP contribution < -0.4 is 4.90 Å². The van der Waals surface area contributed by atoms with Crippen LogP contribution in [0, 0.1) is 10.1 Å². The first-order valence-electron chi connectivity index (χ1n) is 9.93. The fraction of sp³-hybridized carbons (Fsp3) is 0.300. The van der Waals surface area contributed by atoms with Crippen LogP contribution in [0.3, 0.4) is 0 Å². The van der Waals surface area contributed by atoms with Crippen LogP contribution in [-0.2, 0) is 17.5 Å². The van der Waals surface area contributed by atoms with Crippen molar-refractivity contribution in [1.82, 2.24) is 25.1 Å². The van der Waals surface area contributed by atoms with Crippen LogP contribution in [0.1, 0.15) is 5.56 Å². The lowest BCUT2D eigenvalue weighted by Crippen LogP contribution is -2.49. The highest BCUT2D eigenvalue weighted by molar-refractivity contribution is 5.76. The Hall–Kier alpha value is -4.03. The van der Waals surface area contributed by atoms with E-state index in [1.54, 1.807) is 17.0 Å². The molecule has 0 spiro atoms. The van der Waals surface area contributed by atoms with Crippen molar-refractivity contribution in [1.29, 1.82) is 0 Å². The number of anilines is 1. The third-order valence-electron chi connectivity index (χ3n) is 5.24. The van der Waals surface area contributed by atoms with E-state index in [0.717, 1.165) is 22.6 Å². The van der Waals surface area contributed by atoms with E-state index in [1.165, 1.54) is 24.3 Å². The van der Waals surface area contributed by atoms with Gasteiger partial charge in [0, 0.05) is 49.6 Å². The van der Waals surface area contributed by atoms with E-state index >= 15 is 0 Å². The molecule has 10 nitrogen and oxygen atoms in total. The van der Waals surface area contributed by atoms with Crippen LogP contribution in [-0.4, -0.2) is 62.1 Å². The number of tetrazole rings is 1. The molecule has 3 aromatic rings. The van der Waals surface area contributed by atoms with Gasteiger partial charge in [0.05, 0.1) is 10.5 Å². The van der Waals surface area contributed by atoms with Crippen LogP contribution in [0.4, 0.5) is 24.5 Å². The van der Waals surface area contributed by atoms with Gasteiger partial charge in [-0.05, 0) is 29.5 Å². The summed E-state index contributed by atoms with van der Waals surface area (Å²) >= 11 is 0. The first-order chi connectivity index (χ1) is 15.7. The van der Waals surface area contributed by atoms with Crippen molar-refractivity contribution in [2.24, 2.45) is 0 Å². The normalized spacial score (nSPS) is 14.4. The third-order valence-corrected chi connectivity index (χ3v) is 5.24. The average Bonchev–Trinajstić information content (AvgIpc) is 3.27. The minimum Gasteiger partial charge on any atom is -0.368 e. The minimum absolute atomic E-state index is 0.00288. The van der Waals surface area contributed by atoms with E-state index < -0.39 is 16.7 Å². The van der Waals surface area contributed by atoms with Crippen LogP contribution in [0.2, 0.25) is 0 Å². The van der Waals surface area contributed by atoms with Gasteiger partial charge in [-0.3, -0.25) is 14.9 Å². The van der Waals surface area contributed by atoms with E-state index in [9.17, 15) is 28.1 Å². The topological polar surface area (TPSA) is 110 Å². The van der Waals surface area contributed by atoms with Crippen molar-refractivity contribution in [2.75, 3.05) is 31.1 Å². The van der Waals surface area contributed by atoms with Crippen LogP contribution >= 0.6 is 0 Å². The second kappa shape index (κ2) is 8.84. The highest BCUT2D eigenvalue weighted by atomic mass is 19.4.